The maximum absolute atomic E-state index is 5.41. The Balaban J connectivity index is 2.73. The largest absolute Gasteiger partial charge is 0.330 e. The number of rotatable bonds is 4. The molecule has 0 atom stereocenters. The van der Waals surface area contributed by atoms with Crippen LogP contribution in [0.1, 0.15) is 13.3 Å². The van der Waals surface area contributed by atoms with Crippen molar-refractivity contribution in [1.29, 1.82) is 0 Å². The molecule has 3 nitrogen and oxygen atoms in total. The van der Waals surface area contributed by atoms with E-state index in [4.69, 9.17) is 18.0 Å². The highest BCUT2D eigenvalue weighted by Gasteiger charge is 1.95. The molecule has 0 radical (unpaired) electrons. The van der Waals surface area contributed by atoms with Crippen LogP contribution in [0.15, 0.2) is 12.4 Å². The van der Waals surface area contributed by atoms with E-state index in [-0.39, 0.29) is 0 Å². The van der Waals surface area contributed by atoms with E-state index >= 15 is 0 Å². The second-order valence-corrected chi connectivity index (χ2v) is 3.07. The van der Waals surface area contributed by atoms with Crippen LogP contribution in [-0.2, 0) is 13.1 Å². The first-order valence-corrected chi connectivity index (χ1v) is 4.66. The highest BCUT2D eigenvalue weighted by molar-refractivity contribution is 7.71. The zero-order valence-electron chi connectivity index (χ0n) is 7.36. The van der Waals surface area contributed by atoms with Crippen molar-refractivity contribution in [3.8, 4) is 0 Å². The van der Waals surface area contributed by atoms with Crippen LogP contribution in [0.25, 0.3) is 0 Å². The number of nitrogens with two attached hydrogens (primary N) is 1. The first-order chi connectivity index (χ1) is 5.79. The minimum Gasteiger partial charge on any atom is -0.330 e. The monoisotopic (exact) mass is 185 g/mol. The number of aryl methyl sites for hydroxylation is 2. The molecule has 0 saturated heterocycles. The Kier molecular flexibility index (Phi) is 3.49. The van der Waals surface area contributed by atoms with Gasteiger partial charge in [0.25, 0.3) is 0 Å². The summed E-state index contributed by atoms with van der Waals surface area (Å²) in [5.41, 5.74) is 5.41. The predicted molar refractivity (Wildman–Crippen MR) is 52.6 cm³/mol. The van der Waals surface area contributed by atoms with E-state index < -0.39 is 0 Å². The van der Waals surface area contributed by atoms with E-state index in [1.807, 2.05) is 17.0 Å². The van der Waals surface area contributed by atoms with Gasteiger partial charge in [-0.2, -0.15) is 0 Å². The first kappa shape index (κ1) is 9.48. The second-order valence-electron chi connectivity index (χ2n) is 2.70. The van der Waals surface area contributed by atoms with E-state index in [1.54, 1.807) is 0 Å². The van der Waals surface area contributed by atoms with Gasteiger partial charge in [-0.05, 0) is 32.1 Å². The van der Waals surface area contributed by atoms with E-state index in [1.165, 1.54) is 0 Å². The Hall–Kier alpha value is -0.610. The van der Waals surface area contributed by atoms with Crippen LogP contribution in [0.3, 0.4) is 0 Å². The molecular weight excluding hydrogens is 170 g/mol. The third-order valence-corrected chi connectivity index (χ3v) is 2.33. The Labute approximate surface area is 77.8 Å². The van der Waals surface area contributed by atoms with Crippen molar-refractivity contribution >= 4 is 12.2 Å². The molecule has 1 aromatic heterocycles. The van der Waals surface area contributed by atoms with Crippen LogP contribution in [0.4, 0.5) is 0 Å². The standard InChI is InChI=1S/C8H15N3S/c1-2-10-6-7-11(8(10)12)5-3-4-9/h6-7H,2-5,9H2,1H3. The van der Waals surface area contributed by atoms with Gasteiger partial charge in [-0.25, -0.2) is 0 Å². The lowest BCUT2D eigenvalue weighted by Crippen LogP contribution is -2.06. The minimum atomic E-state index is 0.721. The molecule has 0 aromatic carbocycles. The quantitative estimate of drug-likeness (QED) is 0.719. The summed E-state index contributed by atoms with van der Waals surface area (Å²) in [6.07, 6.45) is 5.02. The van der Waals surface area contributed by atoms with Crippen LogP contribution in [0.5, 0.6) is 0 Å². The third kappa shape index (κ3) is 1.95. The molecule has 0 aliphatic rings. The van der Waals surface area contributed by atoms with Gasteiger partial charge in [0.1, 0.15) is 0 Å². The average molecular weight is 185 g/mol. The molecular formula is C8H15N3S. The van der Waals surface area contributed by atoms with Crippen molar-refractivity contribution in [2.75, 3.05) is 6.54 Å². The molecule has 0 saturated carbocycles. The second kappa shape index (κ2) is 4.42. The molecule has 2 N–H and O–H groups in total. The molecule has 1 heterocycles. The summed E-state index contributed by atoms with van der Waals surface area (Å²) in [6, 6.07) is 0. The van der Waals surface area contributed by atoms with Gasteiger partial charge in [-0.3, -0.25) is 0 Å². The van der Waals surface area contributed by atoms with Crippen LogP contribution < -0.4 is 5.73 Å². The van der Waals surface area contributed by atoms with Gasteiger partial charge in [0.15, 0.2) is 4.77 Å². The van der Waals surface area contributed by atoms with Gasteiger partial charge in [-0.15, -0.1) is 0 Å². The molecule has 0 unspecified atom stereocenters. The Morgan fingerprint density at radius 3 is 2.58 bits per heavy atom. The lowest BCUT2D eigenvalue weighted by Gasteiger charge is -2.00. The van der Waals surface area contributed by atoms with Crippen LogP contribution in [-0.4, -0.2) is 15.7 Å². The van der Waals surface area contributed by atoms with Gasteiger partial charge < -0.3 is 14.9 Å². The van der Waals surface area contributed by atoms with Crippen LogP contribution in [0, 0.1) is 4.77 Å². The van der Waals surface area contributed by atoms with Crippen molar-refractivity contribution in [2.24, 2.45) is 5.73 Å². The predicted octanol–water partition coefficient (Wildman–Crippen LogP) is 1.39. The zero-order chi connectivity index (χ0) is 8.97. The van der Waals surface area contributed by atoms with Gasteiger partial charge in [0.05, 0.1) is 0 Å². The van der Waals surface area contributed by atoms with E-state index in [9.17, 15) is 0 Å². The van der Waals surface area contributed by atoms with Crippen molar-refractivity contribution in [1.82, 2.24) is 9.13 Å². The lowest BCUT2D eigenvalue weighted by atomic mass is 10.4. The van der Waals surface area contributed by atoms with Crippen molar-refractivity contribution < 1.29 is 0 Å². The summed E-state index contributed by atoms with van der Waals surface area (Å²) >= 11 is 5.22. The SMILES string of the molecule is CCn1ccn(CCCN)c1=S. The summed E-state index contributed by atoms with van der Waals surface area (Å²) in [7, 11) is 0. The molecule has 0 aliphatic heterocycles. The summed E-state index contributed by atoms with van der Waals surface area (Å²) in [5, 5.41) is 0. The summed E-state index contributed by atoms with van der Waals surface area (Å²) in [6.45, 7) is 4.68. The molecule has 0 amide bonds. The Morgan fingerprint density at radius 1 is 1.42 bits per heavy atom. The Bertz CT molecular complexity index is 287. The van der Waals surface area contributed by atoms with Crippen LogP contribution >= 0.6 is 12.2 Å². The number of hydrogen-bond acceptors (Lipinski definition) is 2. The Morgan fingerprint density at radius 2 is 2.08 bits per heavy atom. The fraction of sp³-hybridized carbons (Fsp3) is 0.625. The maximum atomic E-state index is 5.41. The normalized spacial score (nSPS) is 10.5. The van der Waals surface area contributed by atoms with Crippen molar-refractivity contribution in [3.63, 3.8) is 0 Å². The number of nitrogens with zero attached hydrogens (tertiary/aromatic N) is 2. The van der Waals surface area contributed by atoms with E-state index in [0.29, 0.717) is 0 Å². The fourth-order valence-corrected chi connectivity index (χ4v) is 1.47. The highest BCUT2D eigenvalue weighted by Crippen LogP contribution is 1.98. The smallest absolute Gasteiger partial charge is 0.179 e. The molecule has 0 spiro atoms. The third-order valence-electron chi connectivity index (χ3n) is 1.86. The number of hydrogen-bond donors (Lipinski definition) is 1. The fourth-order valence-electron chi connectivity index (χ4n) is 1.13. The number of aromatic nitrogens is 2. The molecule has 0 fully saturated rings. The average Bonchev–Trinajstić information content (AvgIpc) is 2.43. The summed E-state index contributed by atoms with van der Waals surface area (Å²) in [5.74, 6) is 0. The summed E-state index contributed by atoms with van der Waals surface area (Å²) < 4.78 is 5.00. The summed E-state index contributed by atoms with van der Waals surface area (Å²) in [4.78, 5) is 0. The van der Waals surface area contributed by atoms with Crippen molar-refractivity contribution in [2.45, 2.75) is 26.4 Å². The molecule has 1 aromatic rings. The van der Waals surface area contributed by atoms with E-state index in [2.05, 4.69) is 11.5 Å². The van der Waals surface area contributed by atoms with E-state index in [0.717, 1.165) is 30.8 Å². The van der Waals surface area contributed by atoms with Crippen molar-refractivity contribution in [3.05, 3.63) is 17.2 Å². The maximum Gasteiger partial charge on any atom is 0.179 e. The first-order valence-electron chi connectivity index (χ1n) is 4.25. The topological polar surface area (TPSA) is 35.9 Å². The highest BCUT2D eigenvalue weighted by atomic mass is 32.1. The van der Waals surface area contributed by atoms with Gasteiger partial charge in [0.2, 0.25) is 0 Å². The molecule has 0 aliphatic carbocycles. The van der Waals surface area contributed by atoms with Gasteiger partial charge in [0, 0.05) is 25.5 Å². The molecule has 4 heteroatoms. The van der Waals surface area contributed by atoms with Gasteiger partial charge >= 0.3 is 0 Å². The van der Waals surface area contributed by atoms with Gasteiger partial charge in [-0.1, -0.05) is 0 Å². The minimum absolute atomic E-state index is 0.721. The molecule has 0 bridgehead atoms. The number of imidazole rings is 1. The molecule has 68 valence electrons. The molecule has 12 heavy (non-hydrogen) atoms. The van der Waals surface area contributed by atoms with Crippen LogP contribution in [0.2, 0.25) is 0 Å². The zero-order valence-corrected chi connectivity index (χ0v) is 8.18. The lowest BCUT2D eigenvalue weighted by molar-refractivity contribution is 0.620. The molecule has 1 rings (SSSR count).